The lowest BCUT2D eigenvalue weighted by atomic mass is 10.0. The molecular weight excluding hydrogens is 480 g/mol. The Hall–Kier alpha value is -3.43. The number of benzene rings is 2. The van der Waals surface area contributed by atoms with E-state index in [0.717, 1.165) is 0 Å². The van der Waals surface area contributed by atoms with E-state index in [-0.39, 0.29) is 27.1 Å². The molecule has 0 bridgehead atoms. The molecule has 0 spiro atoms. The van der Waals surface area contributed by atoms with Crippen molar-refractivity contribution in [3.8, 4) is 5.82 Å². The van der Waals surface area contributed by atoms with Crippen molar-refractivity contribution < 1.29 is 22.8 Å². The Kier molecular flexibility index (Phi) is 5.85. The average molecular weight is 493 g/mol. The van der Waals surface area contributed by atoms with Crippen LogP contribution in [0, 0.1) is 0 Å². The van der Waals surface area contributed by atoms with Crippen molar-refractivity contribution in [1.82, 2.24) is 14.8 Å². The zero-order valence-corrected chi connectivity index (χ0v) is 18.3. The molecule has 33 heavy (non-hydrogen) atoms. The molecule has 0 fully saturated rings. The first kappa shape index (κ1) is 22.8. The molecular formula is C22H13Cl2F3N4O2. The predicted octanol–water partition coefficient (Wildman–Crippen LogP) is 6.20. The fraction of sp³-hybridized carbons (Fsp3) is 0.0909. The van der Waals surface area contributed by atoms with Crippen LogP contribution in [-0.2, 0) is 6.18 Å². The normalized spacial score (nSPS) is 11.6. The number of rotatable bonds is 4. The molecule has 0 aliphatic heterocycles. The molecule has 6 nitrogen and oxygen atoms in total. The van der Waals surface area contributed by atoms with Gasteiger partial charge < -0.3 is 5.32 Å². The monoisotopic (exact) mass is 492 g/mol. The number of carbonyl (C=O) groups excluding carboxylic acids is 2. The summed E-state index contributed by atoms with van der Waals surface area (Å²) >= 11 is 12.6. The molecule has 1 amide bonds. The Labute approximate surface area is 194 Å². The van der Waals surface area contributed by atoms with Gasteiger partial charge in [-0.05, 0) is 30.5 Å². The molecule has 0 atom stereocenters. The Bertz CT molecular complexity index is 1420. The zero-order valence-electron chi connectivity index (χ0n) is 16.7. The van der Waals surface area contributed by atoms with Gasteiger partial charge in [-0.3, -0.25) is 9.59 Å². The summed E-state index contributed by atoms with van der Waals surface area (Å²) in [4.78, 5) is 29.3. The van der Waals surface area contributed by atoms with Crippen molar-refractivity contribution in [2.45, 2.75) is 13.1 Å². The van der Waals surface area contributed by atoms with Crippen LogP contribution in [0.1, 0.15) is 33.5 Å². The number of amides is 1. The summed E-state index contributed by atoms with van der Waals surface area (Å²) in [5.74, 6) is -1.55. The van der Waals surface area contributed by atoms with Crippen LogP contribution in [0.15, 0.2) is 54.7 Å². The Morgan fingerprint density at radius 2 is 1.79 bits per heavy atom. The molecule has 0 unspecified atom stereocenters. The van der Waals surface area contributed by atoms with Gasteiger partial charge in [-0.2, -0.15) is 18.3 Å². The number of halogens is 5. The van der Waals surface area contributed by atoms with Gasteiger partial charge >= 0.3 is 6.18 Å². The van der Waals surface area contributed by atoms with Gasteiger partial charge in [0.15, 0.2) is 17.3 Å². The van der Waals surface area contributed by atoms with Crippen LogP contribution in [-0.4, -0.2) is 26.5 Å². The third kappa shape index (κ3) is 4.29. The number of anilines is 1. The number of hydrogen-bond acceptors (Lipinski definition) is 4. The number of fused-ring (bicyclic) bond motifs is 1. The van der Waals surface area contributed by atoms with Gasteiger partial charge in [0, 0.05) is 23.2 Å². The molecule has 0 saturated heterocycles. The number of Topliss-reactive ketones (excluding diaryl/α,β-unsaturated/α-hetero) is 1. The lowest BCUT2D eigenvalue weighted by molar-refractivity contribution is -0.141. The molecule has 168 valence electrons. The van der Waals surface area contributed by atoms with Crippen molar-refractivity contribution >= 4 is 51.4 Å². The van der Waals surface area contributed by atoms with Crippen molar-refractivity contribution in [2.75, 3.05) is 5.32 Å². The molecule has 0 radical (unpaired) electrons. The number of hydrogen-bond donors (Lipinski definition) is 1. The first-order valence-electron chi connectivity index (χ1n) is 9.39. The van der Waals surface area contributed by atoms with E-state index in [1.165, 1.54) is 25.3 Å². The quantitative estimate of drug-likeness (QED) is 0.344. The lowest BCUT2D eigenvalue weighted by Crippen LogP contribution is -2.19. The van der Waals surface area contributed by atoms with Gasteiger partial charge in [-0.25, -0.2) is 9.67 Å². The van der Waals surface area contributed by atoms with Crippen LogP contribution in [0.5, 0.6) is 0 Å². The molecule has 0 aliphatic rings. The van der Waals surface area contributed by atoms with Gasteiger partial charge in [0.1, 0.15) is 5.69 Å². The van der Waals surface area contributed by atoms with Crippen LogP contribution in [0.3, 0.4) is 0 Å². The third-order valence-corrected chi connectivity index (χ3v) is 5.46. The maximum absolute atomic E-state index is 13.4. The molecule has 0 saturated carbocycles. The average Bonchev–Trinajstić information content (AvgIpc) is 3.21. The number of carbonyl (C=O) groups is 2. The summed E-state index contributed by atoms with van der Waals surface area (Å²) in [6.07, 6.45) is -3.53. The van der Waals surface area contributed by atoms with Crippen LogP contribution in [0.4, 0.5) is 18.9 Å². The predicted molar refractivity (Wildman–Crippen MR) is 118 cm³/mol. The number of alkyl halides is 3. The van der Waals surface area contributed by atoms with E-state index in [0.29, 0.717) is 21.5 Å². The summed E-state index contributed by atoms with van der Waals surface area (Å²) in [5, 5.41) is 7.23. The number of pyridine rings is 1. The van der Waals surface area contributed by atoms with E-state index in [1.807, 2.05) is 0 Å². The zero-order chi connectivity index (χ0) is 23.9. The van der Waals surface area contributed by atoms with Crippen LogP contribution in [0.2, 0.25) is 10.0 Å². The number of nitrogens with one attached hydrogen (secondary N) is 1. The first-order chi connectivity index (χ1) is 15.6. The second kappa shape index (κ2) is 8.49. The highest BCUT2D eigenvalue weighted by molar-refractivity contribution is 6.40. The van der Waals surface area contributed by atoms with E-state index in [9.17, 15) is 22.8 Å². The van der Waals surface area contributed by atoms with Crippen molar-refractivity contribution in [3.05, 3.63) is 81.7 Å². The second-order valence-electron chi connectivity index (χ2n) is 6.98. The fourth-order valence-electron chi connectivity index (χ4n) is 3.26. The van der Waals surface area contributed by atoms with E-state index >= 15 is 0 Å². The molecule has 0 aliphatic carbocycles. The second-order valence-corrected chi connectivity index (χ2v) is 7.76. The standard InChI is InChI=1S/C22H13Cl2F3N4O2/c1-11(32)14-9-12-5-2-3-6-13(12)18(24)19(14)29-21(33)16-10-17(22(25,26)27)30-31(16)20-15(23)7-4-8-28-20/h2-10H,1H3,(H,29,33). The molecule has 2 heterocycles. The highest BCUT2D eigenvalue weighted by atomic mass is 35.5. The molecule has 2 aromatic heterocycles. The van der Waals surface area contributed by atoms with E-state index in [2.05, 4.69) is 15.4 Å². The topological polar surface area (TPSA) is 76.9 Å². The minimum Gasteiger partial charge on any atom is -0.319 e. The Balaban J connectivity index is 1.86. The summed E-state index contributed by atoms with van der Waals surface area (Å²) in [6.45, 7) is 1.29. The first-order valence-corrected chi connectivity index (χ1v) is 10.1. The SMILES string of the molecule is CC(=O)c1cc2ccccc2c(Cl)c1NC(=O)c1cc(C(F)(F)F)nn1-c1ncccc1Cl. The summed E-state index contributed by atoms with van der Waals surface area (Å²) in [5.41, 5.74) is -1.74. The lowest BCUT2D eigenvalue weighted by Gasteiger charge is -2.14. The maximum atomic E-state index is 13.4. The molecule has 11 heteroatoms. The van der Waals surface area contributed by atoms with Crippen LogP contribution < -0.4 is 5.32 Å². The summed E-state index contributed by atoms with van der Waals surface area (Å²) in [7, 11) is 0. The summed E-state index contributed by atoms with van der Waals surface area (Å²) < 4.78 is 40.8. The minimum atomic E-state index is -4.83. The number of aromatic nitrogens is 3. The Morgan fingerprint density at radius 3 is 2.45 bits per heavy atom. The van der Waals surface area contributed by atoms with E-state index in [4.69, 9.17) is 23.2 Å². The minimum absolute atomic E-state index is 0.0171. The number of ketones is 1. The fourth-order valence-corrected chi connectivity index (χ4v) is 3.78. The Morgan fingerprint density at radius 1 is 1.06 bits per heavy atom. The number of nitrogens with zero attached hydrogens (tertiary/aromatic N) is 3. The van der Waals surface area contributed by atoms with Crippen molar-refractivity contribution in [3.63, 3.8) is 0 Å². The maximum Gasteiger partial charge on any atom is 0.435 e. The van der Waals surface area contributed by atoms with Gasteiger partial charge in [-0.15, -0.1) is 0 Å². The molecule has 4 rings (SSSR count). The van der Waals surface area contributed by atoms with Crippen LogP contribution >= 0.6 is 23.2 Å². The van der Waals surface area contributed by atoms with Gasteiger partial charge in [0.25, 0.3) is 5.91 Å². The highest BCUT2D eigenvalue weighted by Crippen LogP contribution is 2.36. The smallest absolute Gasteiger partial charge is 0.319 e. The largest absolute Gasteiger partial charge is 0.435 e. The summed E-state index contributed by atoms with van der Waals surface area (Å²) in [6, 6.07) is 11.9. The van der Waals surface area contributed by atoms with E-state index in [1.54, 1.807) is 30.3 Å². The highest BCUT2D eigenvalue weighted by Gasteiger charge is 2.37. The molecule has 2 aromatic carbocycles. The van der Waals surface area contributed by atoms with Gasteiger partial charge in [-0.1, -0.05) is 47.5 Å². The van der Waals surface area contributed by atoms with Crippen molar-refractivity contribution in [2.24, 2.45) is 0 Å². The third-order valence-electron chi connectivity index (χ3n) is 4.78. The van der Waals surface area contributed by atoms with Crippen LogP contribution in [0.25, 0.3) is 16.6 Å². The van der Waals surface area contributed by atoms with Crippen molar-refractivity contribution in [1.29, 1.82) is 0 Å². The van der Waals surface area contributed by atoms with Gasteiger partial charge in [0.2, 0.25) is 0 Å². The van der Waals surface area contributed by atoms with Gasteiger partial charge in [0.05, 0.1) is 15.7 Å². The molecule has 4 aromatic rings. The molecule has 1 N–H and O–H groups in total. The van der Waals surface area contributed by atoms with E-state index < -0.39 is 29.3 Å².